The van der Waals surface area contributed by atoms with Crippen molar-refractivity contribution in [2.45, 2.75) is 13.5 Å². The lowest BCUT2D eigenvalue weighted by molar-refractivity contribution is 0.372. The van der Waals surface area contributed by atoms with Gasteiger partial charge in [-0.15, -0.1) is 0 Å². The summed E-state index contributed by atoms with van der Waals surface area (Å²) >= 11 is 0. The number of nitrogens with one attached hydrogen (secondary N) is 2. The Bertz CT molecular complexity index is 995. The molecular formula is C23H29N7O. The summed E-state index contributed by atoms with van der Waals surface area (Å²) in [5, 5.41) is 10.3. The van der Waals surface area contributed by atoms with E-state index in [1.165, 1.54) is 12.0 Å². The van der Waals surface area contributed by atoms with E-state index < -0.39 is 0 Å². The molecular weight excluding hydrogens is 390 g/mol. The number of methoxy groups -OCH3 is 1. The maximum Gasteiger partial charge on any atom is 0.194 e. The van der Waals surface area contributed by atoms with Crippen molar-refractivity contribution in [3.05, 3.63) is 60.4 Å². The van der Waals surface area contributed by atoms with Gasteiger partial charge in [0, 0.05) is 50.0 Å². The number of ether oxygens (including phenoxy) is 1. The monoisotopic (exact) mass is 419 g/mol. The number of piperazine rings is 1. The fraction of sp³-hybridized carbons (Fsp3) is 0.348. The van der Waals surface area contributed by atoms with Gasteiger partial charge in [0.2, 0.25) is 0 Å². The molecule has 2 heterocycles. The fourth-order valence-electron chi connectivity index (χ4n) is 3.74. The van der Waals surface area contributed by atoms with Crippen molar-refractivity contribution in [1.82, 2.24) is 25.4 Å². The zero-order valence-electron chi connectivity index (χ0n) is 18.1. The minimum atomic E-state index is 0.612. The summed E-state index contributed by atoms with van der Waals surface area (Å²) in [6, 6.07) is 16.5. The number of nitrogens with zero attached hydrogens (tertiary/aromatic N) is 5. The molecule has 3 aromatic rings. The summed E-state index contributed by atoms with van der Waals surface area (Å²) in [4.78, 5) is 13.9. The maximum absolute atomic E-state index is 5.37. The van der Waals surface area contributed by atoms with Crippen molar-refractivity contribution >= 4 is 11.6 Å². The van der Waals surface area contributed by atoms with Crippen LogP contribution in [0, 0.1) is 0 Å². The van der Waals surface area contributed by atoms with E-state index in [1.54, 1.807) is 7.11 Å². The first-order chi connectivity index (χ1) is 15.3. The summed E-state index contributed by atoms with van der Waals surface area (Å²) in [5.74, 6) is 2.62. The Morgan fingerprint density at radius 1 is 1.13 bits per heavy atom. The van der Waals surface area contributed by atoms with Crippen LogP contribution in [-0.2, 0) is 6.54 Å². The van der Waals surface area contributed by atoms with E-state index in [0.717, 1.165) is 61.4 Å². The van der Waals surface area contributed by atoms with E-state index in [1.807, 2.05) is 24.3 Å². The van der Waals surface area contributed by atoms with E-state index >= 15 is 0 Å². The highest BCUT2D eigenvalue weighted by atomic mass is 16.5. The van der Waals surface area contributed by atoms with Crippen LogP contribution in [0.4, 0.5) is 5.69 Å². The molecule has 1 saturated heterocycles. The molecule has 0 saturated carbocycles. The Balaban J connectivity index is 1.41. The fourth-order valence-corrected chi connectivity index (χ4v) is 3.74. The zero-order chi connectivity index (χ0) is 21.5. The Hall–Kier alpha value is -3.55. The van der Waals surface area contributed by atoms with Crippen molar-refractivity contribution in [3.8, 4) is 17.1 Å². The van der Waals surface area contributed by atoms with E-state index in [4.69, 9.17) is 9.73 Å². The van der Waals surface area contributed by atoms with Crippen LogP contribution in [0.5, 0.6) is 5.75 Å². The predicted octanol–water partition coefficient (Wildman–Crippen LogP) is 2.77. The van der Waals surface area contributed by atoms with E-state index in [9.17, 15) is 0 Å². The molecule has 31 heavy (non-hydrogen) atoms. The molecule has 0 atom stereocenters. The molecule has 0 aliphatic carbocycles. The lowest BCUT2D eigenvalue weighted by Gasteiger charge is -2.37. The zero-order valence-corrected chi connectivity index (χ0v) is 18.1. The van der Waals surface area contributed by atoms with Crippen LogP contribution in [0.25, 0.3) is 11.4 Å². The summed E-state index contributed by atoms with van der Waals surface area (Å²) in [6.07, 6.45) is 1.52. The lowest BCUT2D eigenvalue weighted by atomic mass is 10.1. The summed E-state index contributed by atoms with van der Waals surface area (Å²) in [6.45, 7) is 7.28. The Morgan fingerprint density at radius 3 is 2.71 bits per heavy atom. The Labute approximate surface area is 183 Å². The number of hydrogen-bond acceptors (Lipinski definition) is 5. The molecule has 0 spiro atoms. The molecule has 0 unspecified atom stereocenters. The van der Waals surface area contributed by atoms with Crippen LogP contribution >= 0.6 is 0 Å². The molecule has 0 amide bonds. The smallest absolute Gasteiger partial charge is 0.194 e. The number of aromatic nitrogens is 3. The minimum Gasteiger partial charge on any atom is -0.497 e. The van der Waals surface area contributed by atoms with Crippen molar-refractivity contribution in [2.75, 3.05) is 44.7 Å². The van der Waals surface area contributed by atoms with Gasteiger partial charge in [0.25, 0.3) is 0 Å². The topological polar surface area (TPSA) is 81.7 Å². The first-order valence-corrected chi connectivity index (χ1v) is 10.6. The van der Waals surface area contributed by atoms with Crippen LogP contribution in [0.15, 0.2) is 59.9 Å². The molecule has 1 fully saturated rings. The third-order valence-electron chi connectivity index (χ3n) is 5.36. The highest BCUT2D eigenvalue weighted by molar-refractivity contribution is 5.80. The van der Waals surface area contributed by atoms with Crippen LogP contribution in [0.2, 0.25) is 0 Å². The molecule has 2 aromatic carbocycles. The number of guanidine groups is 1. The molecule has 4 rings (SSSR count). The minimum absolute atomic E-state index is 0.612. The quantitative estimate of drug-likeness (QED) is 0.472. The van der Waals surface area contributed by atoms with Gasteiger partial charge >= 0.3 is 0 Å². The van der Waals surface area contributed by atoms with Crippen molar-refractivity contribution in [2.24, 2.45) is 4.99 Å². The van der Waals surface area contributed by atoms with Gasteiger partial charge in [-0.25, -0.2) is 9.98 Å². The summed E-state index contributed by atoms with van der Waals surface area (Å²) in [5.41, 5.74) is 3.35. The SMILES string of the molecule is CCNC(=NCc1cccc(-c2ncn[nH]2)c1)N1CCN(c2cccc(OC)c2)CC1. The number of hydrogen-bond donors (Lipinski definition) is 2. The van der Waals surface area contributed by atoms with Gasteiger partial charge in [0.15, 0.2) is 11.8 Å². The van der Waals surface area contributed by atoms with Gasteiger partial charge in [-0.2, -0.15) is 5.10 Å². The third-order valence-corrected chi connectivity index (χ3v) is 5.36. The van der Waals surface area contributed by atoms with Crippen LogP contribution in [0.1, 0.15) is 12.5 Å². The van der Waals surface area contributed by atoms with Gasteiger partial charge in [-0.3, -0.25) is 5.10 Å². The highest BCUT2D eigenvalue weighted by Gasteiger charge is 2.20. The number of rotatable bonds is 6. The molecule has 162 valence electrons. The molecule has 1 aromatic heterocycles. The molecule has 0 bridgehead atoms. The standard InChI is InChI=1S/C23H29N7O/c1-3-24-23(25-16-18-6-4-7-19(14-18)22-26-17-27-28-22)30-12-10-29(11-13-30)20-8-5-9-21(15-20)31-2/h4-9,14-15,17H,3,10-13,16H2,1-2H3,(H,24,25)(H,26,27,28). The molecule has 8 nitrogen and oxygen atoms in total. The highest BCUT2D eigenvalue weighted by Crippen LogP contribution is 2.22. The number of aliphatic imine (C=N–C) groups is 1. The summed E-state index contributed by atoms with van der Waals surface area (Å²) in [7, 11) is 1.71. The normalized spacial score (nSPS) is 14.6. The van der Waals surface area contributed by atoms with Crippen molar-refractivity contribution in [1.29, 1.82) is 0 Å². The second kappa shape index (κ2) is 9.97. The predicted molar refractivity (Wildman–Crippen MR) is 123 cm³/mol. The Kier molecular flexibility index (Phi) is 6.66. The first kappa shape index (κ1) is 20.7. The average molecular weight is 420 g/mol. The molecule has 1 aliphatic rings. The second-order valence-corrected chi connectivity index (χ2v) is 7.38. The van der Waals surface area contributed by atoms with Crippen LogP contribution in [-0.4, -0.2) is 65.9 Å². The van der Waals surface area contributed by atoms with Crippen molar-refractivity contribution in [3.63, 3.8) is 0 Å². The van der Waals surface area contributed by atoms with Gasteiger partial charge in [0.05, 0.1) is 13.7 Å². The van der Waals surface area contributed by atoms with Crippen molar-refractivity contribution < 1.29 is 4.74 Å². The largest absolute Gasteiger partial charge is 0.497 e. The lowest BCUT2D eigenvalue weighted by Crippen LogP contribution is -2.52. The van der Waals surface area contributed by atoms with E-state index in [2.05, 4.69) is 61.5 Å². The molecule has 0 radical (unpaired) electrons. The number of benzene rings is 2. The number of anilines is 1. The average Bonchev–Trinajstić information content (AvgIpc) is 3.37. The molecule has 8 heteroatoms. The Morgan fingerprint density at radius 2 is 1.97 bits per heavy atom. The van der Waals surface area contributed by atoms with Crippen LogP contribution in [0.3, 0.4) is 0 Å². The summed E-state index contributed by atoms with van der Waals surface area (Å²) < 4.78 is 5.37. The van der Waals surface area contributed by atoms with Crippen LogP contribution < -0.4 is 15.0 Å². The van der Waals surface area contributed by atoms with Gasteiger partial charge in [-0.05, 0) is 30.7 Å². The van der Waals surface area contributed by atoms with Gasteiger partial charge < -0.3 is 19.9 Å². The molecule has 1 aliphatic heterocycles. The second-order valence-electron chi connectivity index (χ2n) is 7.38. The number of H-pyrrole nitrogens is 1. The van der Waals surface area contributed by atoms with Gasteiger partial charge in [-0.1, -0.05) is 24.3 Å². The number of aromatic amines is 1. The van der Waals surface area contributed by atoms with E-state index in [-0.39, 0.29) is 0 Å². The third kappa shape index (κ3) is 5.14. The maximum atomic E-state index is 5.37. The van der Waals surface area contributed by atoms with E-state index in [0.29, 0.717) is 6.54 Å². The van der Waals surface area contributed by atoms with Gasteiger partial charge in [0.1, 0.15) is 12.1 Å². The first-order valence-electron chi connectivity index (χ1n) is 10.6. The molecule has 2 N–H and O–H groups in total.